The van der Waals surface area contributed by atoms with Gasteiger partial charge in [-0.15, -0.1) is 17.5 Å². The van der Waals surface area contributed by atoms with E-state index in [2.05, 4.69) is 15.4 Å². The molecular weight excluding hydrogens is 392 g/mol. The average Bonchev–Trinajstić information content (AvgIpc) is 2.91. The highest BCUT2D eigenvalue weighted by Crippen LogP contribution is 2.42. The Morgan fingerprint density at radius 3 is 2.38 bits per heavy atom. The van der Waals surface area contributed by atoms with Crippen molar-refractivity contribution in [2.24, 2.45) is 23.5 Å². The summed E-state index contributed by atoms with van der Waals surface area (Å²) in [6, 6.07) is 0.250. The average molecular weight is 425 g/mol. The molecule has 3 N–H and O–H groups in total. The number of anilines is 1. The van der Waals surface area contributed by atoms with Crippen LogP contribution in [0.15, 0.2) is 6.33 Å². The number of halogens is 1. The summed E-state index contributed by atoms with van der Waals surface area (Å²) in [4.78, 5) is 31.3. The number of likely N-dealkylation sites (tertiary alicyclic amines) is 1. The SMILES string of the molecule is Cl.NC1C2CCCC1CC(C(=O)Nc1ncn(CC(=O)N3CCCCCC3)n1)C2. The number of nitrogens with zero attached hydrogens (tertiary/aromatic N) is 4. The molecule has 162 valence electrons. The van der Waals surface area contributed by atoms with Crippen LogP contribution in [-0.4, -0.2) is 50.6 Å². The predicted octanol–water partition coefficient (Wildman–Crippen LogP) is 2.19. The number of nitrogens with two attached hydrogens (primary N) is 1. The lowest BCUT2D eigenvalue weighted by Crippen LogP contribution is -2.48. The summed E-state index contributed by atoms with van der Waals surface area (Å²) in [5, 5.41) is 7.14. The van der Waals surface area contributed by atoms with Crippen LogP contribution in [0.1, 0.15) is 57.8 Å². The molecule has 0 spiro atoms. The van der Waals surface area contributed by atoms with Gasteiger partial charge < -0.3 is 10.6 Å². The maximum absolute atomic E-state index is 12.7. The zero-order valence-electron chi connectivity index (χ0n) is 17.0. The van der Waals surface area contributed by atoms with E-state index in [9.17, 15) is 9.59 Å². The molecule has 2 aliphatic carbocycles. The van der Waals surface area contributed by atoms with Gasteiger partial charge in [0.15, 0.2) is 0 Å². The number of carbonyl (C=O) groups excluding carboxylic acids is 2. The highest BCUT2D eigenvalue weighted by molar-refractivity contribution is 5.91. The molecule has 3 aliphatic rings. The fourth-order valence-corrected chi connectivity index (χ4v) is 5.20. The zero-order valence-corrected chi connectivity index (χ0v) is 17.8. The smallest absolute Gasteiger partial charge is 0.248 e. The molecule has 9 heteroatoms. The third-order valence-corrected chi connectivity index (χ3v) is 6.81. The first-order chi connectivity index (χ1) is 13.6. The fourth-order valence-electron chi connectivity index (χ4n) is 5.20. The van der Waals surface area contributed by atoms with Crippen molar-refractivity contribution in [2.75, 3.05) is 18.4 Å². The van der Waals surface area contributed by atoms with Crippen molar-refractivity contribution in [1.29, 1.82) is 0 Å². The number of hydrogen-bond donors (Lipinski definition) is 2. The van der Waals surface area contributed by atoms with Crippen LogP contribution in [0.2, 0.25) is 0 Å². The van der Waals surface area contributed by atoms with E-state index in [1.54, 1.807) is 0 Å². The summed E-state index contributed by atoms with van der Waals surface area (Å²) < 4.78 is 1.52. The van der Waals surface area contributed by atoms with Gasteiger partial charge in [-0.1, -0.05) is 19.3 Å². The Morgan fingerprint density at radius 2 is 1.72 bits per heavy atom. The molecule has 1 aromatic rings. The van der Waals surface area contributed by atoms with Crippen LogP contribution in [0.4, 0.5) is 5.95 Å². The maximum atomic E-state index is 12.7. The molecule has 2 amide bonds. The highest BCUT2D eigenvalue weighted by atomic mass is 35.5. The first-order valence-electron chi connectivity index (χ1n) is 10.8. The van der Waals surface area contributed by atoms with Gasteiger partial charge in [-0.2, -0.15) is 0 Å². The third kappa shape index (κ3) is 5.28. The summed E-state index contributed by atoms with van der Waals surface area (Å²) in [7, 11) is 0. The van der Waals surface area contributed by atoms with Crippen LogP contribution >= 0.6 is 12.4 Å². The molecular formula is C20H33ClN6O2. The minimum atomic E-state index is -0.0135. The standard InChI is InChI=1S/C20H32N6O2.ClH/c21-18-14-6-5-7-15(18)11-16(10-14)19(28)23-20-22-13-26(24-20)12-17(27)25-8-3-1-2-4-9-25;/h13-16,18H,1-12,21H2,(H,23,24,28);1H. The number of nitrogens with one attached hydrogen (secondary N) is 1. The summed E-state index contributed by atoms with van der Waals surface area (Å²) in [6.07, 6.45) is 11.3. The molecule has 0 aromatic carbocycles. The quantitative estimate of drug-likeness (QED) is 0.770. The Hall–Kier alpha value is -1.67. The predicted molar refractivity (Wildman–Crippen MR) is 112 cm³/mol. The molecule has 4 rings (SSSR count). The van der Waals surface area contributed by atoms with Crippen molar-refractivity contribution in [2.45, 2.75) is 70.4 Å². The van der Waals surface area contributed by atoms with E-state index >= 15 is 0 Å². The van der Waals surface area contributed by atoms with E-state index in [4.69, 9.17) is 5.73 Å². The highest BCUT2D eigenvalue weighted by Gasteiger charge is 2.40. The van der Waals surface area contributed by atoms with Gasteiger partial charge in [0.25, 0.3) is 0 Å². The van der Waals surface area contributed by atoms with Crippen LogP contribution in [0.3, 0.4) is 0 Å². The number of aromatic nitrogens is 3. The summed E-state index contributed by atoms with van der Waals surface area (Å²) in [5.74, 6) is 1.24. The van der Waals surface area contributed by atoms with Crippen LogP contribution in [0.5, 0.6) is 0 Å². The van der Waals surface area contributed by atoms with Gasteiger partial charge in [-0.3, -0.25) is 14.9 Å². The largest absolute Gasteiger partial charge is 0.341 e. The van der Waals surface area contributed by atoms with Crippen molar-refractivity contribution >= 4 is 30.2 Å². The van der Waals surface area contributed by atoms with Crippen LogP contribution in [0.25, 0.3) is 0 Å². The lowest BCUT2D eigenvalue weighted by atomic mass is 9.65. The van der Waals surface area contributed by atoms with E-state index < -0.39 is 0 Å². The number of amides is 2. The number of rotatable bonds is 4. The molecule has 3 fully saturated rings. The van der Waals surface area contributed by atoms with Gasteiger partial charge in [0.1, 0.15) is 12.9 Å². The summed E-state index contributed by atoms with van der Waals surface area (Å²) in [5.41, 5.74) is 6.32. The van der Waals surface area contributed by atoms with Crippen molar-refractivity contribution in [3.8, 4) is 0 Å². The lowest BCUT2D eigenvalue weighted by Gasteiger charge is -2.43. The molecule has 29 heavy (non-hydrogen) atoms. The first kappa shape index (κ1) is 22.0. The van der Waals surface area contributed by atoms with Crippen molar-refractivity contribution in [3.63, 3.8) is 0 Å². The Bertz CT molecular complexity index is 689. The van der Waals surface area contributed by atoms with Gasteiger partial charge in [-0.25, -0.2) is 9.67 Å². The molecule has 8 nitrogen and oxygen atoms in total. The fraction of sp³-hybridized carbons (Fsp3) is 0.800. The Kier molecular flexibility index (Phi) is 7.51. The van der Waals surface area contributed by atoms with Crippen molar-refractivity contribution in [3.05, 3.63) is 6.33 Å². The lowest BCUT2D eigenvalue weighted by molar-refractivity contribution is -0.132. The molecule has 2 bridgehead atoms. The maximum Gasteiger partial charge on any atom is 0.248 e. The van der Waals surface area contributed by atoms with E-state index in [1.165, 1.54) is 30.3 Å². The molecule has 2 unspecified atom stereocenters. The van der Waals surface area contributed by atoms with E-state index in [1.807, 2.05) is 4.90 Å². The third-order valence-electron chi connectivity index (χ3n) is 6.81. The minimum Gasteiger partial charge on any atom is -0.341 e. The van der Waals surface area contributed by atoms with Gasteiger partial charge in [0.05, 0.1) is 0 Å². The normalized spacial score (nSPS) is 29.5. The van der Waals surface area contributed by atoms with E-state index in [0.717, 1.165) is 51.6 Å². The Labute approximate surface area is 178 Å². The second-order valence-corrected chi connectivity index (χ2v) is 8.75. The molecule has 1 aliphatic heterocycles. The molecule has 2 saturated carbocycles. The van der Waals surface area contributed by atoms with Crippen LogP contribution < -0.4 is 11.1 Å². The van der Waals surface area contributed by atoms with Crippen molar-refractivity contribution < 1.29 is 9.59 Å². The van der Waals surface area contributed by atoms with Crippen LogP contribution in [0, 0.1) is 17.8 Å². The van der Waals surface area contributed by atoms with E-state index in [0.29, 0.717) is 11.8 Å². The van der Waals surface area contributed by atoms with Crippen molar-refractivity contribution in [1.82, 2.24) is 19.7 Å². The second-order valence-electron chi connectivity index (χ2n) is 8.75. The van der Waals surface area contributed by atoms with E-state index in [-0.39, 0.29) is 48.7 Å². The number of fused-ring (bicyclic) bond motifs is 2. The molecule has 1 aromatic heterocycles. The number of carbonyl (C=O) groups is 2. The molecule has 2 heterocycles. The molecule has 0 radical (unpaired) electrons. The molecule has 2 atom stereocenters. The van der Waals surface area contributed by atoms with Gasteiger partial charge in [0, 0.05) is 25.0 Å². The monoisotopic (exact) mass is 424 g/mol. The Morgan fingerprint density at radius 1 is 1.07 bits per heavy atom. The Balaban J connectivity index is 0.00000240. The van der Waals surface area contributed by atoms with Gasteiger partial charge in [-0.05, 0) is 50.4 Å². The first-order valence-corrected chi connectivity index (χ1v) is 10.8. The number of hydrogen-bond acceptors (Lipinski definition) is 5. The summed E-state index contributed by atoms with van der Waals surface area (Å²) in [6.45, 7) is 1.82. The van der Waals surface area contributed by atoms with Crippen LogP contribution in [-0.2, 0) is 16.1 Å². The molecule has 1 saturated heterocycles. The second kappa shape index (κ2) is 9.89. The zero-order chi connectivity index (χ0) is 19.5. The topological polar surface area (TPSA) is 106 Å². The van der Waals surface area contributed by atoms with Gasteiger partial charge in [0.2, 0.25) is 17.8 Å². The summed E-state index contributed by atoms with van der Waals surface area (Å²) >= 11 is 0. The minimum absolute atomic E-state index is 0. The van der Waals surface area contributed by atoms with Gasteiger partial charge >= 0.3 is 0 Å².